The maximum atomic E-state index is 12.3. The molecule has 2 aromatic rings. The number of para-hydroxylation sites is 1. The molecule has 0 spiro atoms. The monoisotopic (exact) mass is 309 g/mol. The van der Waals surface area contributed by atoms with Gasteiger partial charge in [0.2, 0.25) is 5.91 Å². The maximum absolute atomic E-state index is 12.3. The quantitative estimate of drug-likeness (QED) is 0.816. The third kappa shape index (κ3) is 2.93. The van der Waals surface area contributed by atoms with E-state index in [1.807, 2.05) is 23.1 Å². The molecule has 4 nitrogen and oxygen atoms in total. The second kappa shape index (κ2) is 5.94. The predicted molar refractivity (Wildman–Crippen MR) is 80.2 cm³/mol. The van der Waals surface area contributed by atoms with Gasteiger partial charge in [0.25, 0.3) is 0 Å². The van der Waals surface area contributed by atoms with Crippen molar-refractivity contribution in [3.63, 3.8) is 0 Å². The van der Waals surface area contributed by atoms with Crippen LogP contribution in [0.4, 0.5) is 5.69 Å². The van der Waals surface area contributed by atoms with E-state index < -0.39 is 0 Å². The Kier molecular flexibility index (Phi) is 4.05. The van der Waals surface area contributed by atoms with Gasteiger partial charge in [0.05, 0.1) is 11.4 Å². The van der Waals surface area contributed by atoms with E-state index in [1.54, 1.807) is 17.3 Å². The van der Waals surface area contributed by atoms with Crippen molar-refractivity contribution in [3.05, 3.63) is 29.8 Å². The Balaban J connectivity index is 1.71. The molecular weight excluding hydrogens is 298 g/mol. The number of rotatable bonds is 3. The molecule has 0 aliphatic carbocycles. The summed E-state index contributed by atoms with van der Waals surface area (Å²) >= 11 is 4.72. The minimum Gasteiger partial charge on any atom is -0.310 e. The van der Waals surface area contributed by atoms with Crippen LogP contribution in [-0.2, 0) is 4.79 Å². The van der Waals surface area contributed by atoms with Crippen LogP contribution in [0.25, 0.3) is 0 Å². The molecule has 0 saturated heterocycles. The molecular formula is C12H11N3OS3. The summed E-state index contributed by atoms with van der Waals surface area (Å²) in [6, 6.07) is 8.06. The summed E-state index contributed by atoms with van der Waals surface area (Å²) in [5.74, 6) is 1.49. The molecule has 1 amide bonds. The van der Waals surface area contributed by atoms with Crippen LogP contribution in [0.2, 0.25) is 0 Å². The van der Waals surface area contributed by atoms with Gasteiger partial charge < -0.3 is 4.90 Å². The van der Waals surface area contributed by atoms with Gasteiger partial charge in [-0.05, 0) is 12.1 Å². The van der Waals surface area contributed by atoms with Gasteiger partial charge in [-0.15, -0.1) is 22.0 Å². The Morgan fingerprint density at radius 1 is 1.42 bits per heavy atom. The highest BCUT2D eigenvalue weighted by Gasteiger charge is 2.22. The van der Waals surface area contributed by atoms with Crippen LogP contribution in [0.3, 0.4) is 0 Å². The fourth-order valence-corrected chi connectivity index (χ4v) is 4.21. The van der Waals surface area contributed by atoms with Crippen molar-refractivity contribution in [1.29, 1.82) is 0 Å². The number of hydrogen-bond donors (Lipinski definition) is 0. The Morgan fingerprint density at radius 2 is 2.32 bits per heavy atom. The van der Waals surface area contributed by atoms with Crippen molar-refractivity contribution in [2.75, 3.05) is 23.0 Å². The van der Waals surface area contributed by atoms with E-state index in [9.17, 15) is 4.79 Å². The molecule has 0 atom stereocenters. The van der Waals surface area contributed by atoms with Crippen LogP contribution in [0, 0.1) is 0 Å². The summed E-state index contributed by atoms with van der Waals surface area (Å²) < 4.78 is 0.841. The van der Waals surface area contributed by atoms with Gasteiger partial charge in [-0.25, -0.2) is 0 Å². The zero-order valence-electron chi connectivity index (χ0n) is 9.98. The first kappa shape index (κ1) is 13.0. The van der Waals surface area contributed by atoms with E-state index in [2.05, 4.69) is 16.3 Å². The molecule has 7 heteroatoms. The van der Waals surface area contributed by atoms with E-state index in [0.717, 1.165) is 22.3 Å². The lowest BCUT2D eigenvalue weighted by Crippen LogP contribution is -2.36. The average molecular weight is 309 g/mol. The topological polar surface area (TPSA) is 46.1 Å². The molecule has 1 aliphatic heterocycles. The van der Waals surface area contributed by atoms with E-state index in [4.69, 9.17) is 0 Å². The lowest BCUT2D eigenvalue weighted by atomic mass is 10.3. The Morgan fingerprint density at radius 3 is 3.16 bits per heavy atom. The molecule has 1 aromatic carbocycles. The second-order valence-electron chi connectivity index (χ2n) is 3.85. The normalized spacial score (nSPS) is 14.2. The summed E-state index contributed by atoms with van der Waals surface area (Å²) in [6.45, 7) is 0.775. The Hall–Kier alpha value is -1.05. The first-order chi connectivity index (χ1) is 9.34. The molecule has 98 valence electrons. The van der Waals surface area contributed by atoms with Crippen molar-refractivity contribution < 1.29 is 4.79 Å². The van der Waals surface area contributed by atoms with Crippen molar-refractivity contribution in [2.45, 2.75) is 9.24 Å². The number of aromatic nitrogens is 2. The molecule has 1 aliphatic rings. The summed E-state index contributed by atoms with van der Waals surface area (Å²) in [6.07, 6.45) is 0. The van der Waals surface area contributed by atoms with Crippen LogP contribution < -0.4 is 4.90 Å². The summed E-state index contributed by atoms with van der Waals surface area (Å²) in [5.41, 5.74) is 2.71. The SMILES string of the molecule is O=C(CSc1nncs1)N1CCSc2ccccc21. The third-order valence-electron chi connectivity index (χ3n) is 2.69. The van der Waals surface area contributed by atoms with E-state index in [0.29, 0.717) is 5.75 Å². The smallest absolute Gasteiger partial charge is 0.237 e. The van der Waals surface area contributed by atoms with Gasteiger partial charge >= 0.3 is 0 Å². The highest BCUT2D eigenvalue weighted by molar-refractivity contribution is 8.01. The number of benzene rings is 1. The lowest BCUT2D eigenvalue weighted by Gasteiger charge is -2.28. The molecule has 0 N–H and O–H groups in total. The highest BCUT2D eigenvalue weighted by Crippen LogP contribution is 2.34. The predicted octanol–water partition coefficient (Wildman–Crippen LogP) is 2.77. The molecule has 0 unspecified atom stereocenters. The van der Waals surface area contributed by atoms with Crippen LogP contribution >= 0.6 is 34.9 Å². The molecule has 0 radical (unpaired) electrons. The molecule has 0 saturated carbocycles. The van der Waals surface area contributed by atoms with Crippen molar-refractivity contribution in [1.82, 2.24) is 10.2 Å². The number of carbonyl (C=O) groups excluding carboxylic acids is 1. The van der Waals surface area contributed by atoms with E-state index in [-0.39, 0.29) is 5.91 Å². The minimum atomic E-state index is 0.132. The van der Waals surface area contributed by atoms with Gasteiger partial charge in [0, 0.05) is 17.2 Å². The average Bonchev–Trinajstić information content (AvgIpc) is 2.97. The summed E-state index contributed by atoms with van der Waals surface area (Å²) in [4.78, 5) is 15.4. The Bertz CT molecular complexity index is 573. The number of nitrogens with zero attached hydrogens (tertiary/aromatic N) is 3. The number of thioether (sulfide) groups is 2. The largest absolute Gasteiger partial charge is 0.310 e. The first-order valence-corrected chi connectivity index (χ1v) is 8.61. The number of carbonyl (C=O) groups is 1. The third-order valence-corrected chi connectivity index (χ3v) is 5.58. The van der Waals surface area contributed by atoms with E-state index in [1.165, 1.54) is 28.0 Å². The van der Waals surface area contributed by atoms with Gasteiger partial charge in [0.15, 0.2) is 4.34 Å². The fraction of sp³-hybridized carbons (Fsp3) is 0.250. The van der Waals surface area contributed by atoms with Gasteiger partial charge in [0.1, 0.15) is 5.51 Å². The summed E-state index contributed by atoms with van der Waals surface area (Å²) in [5, 5.41) is 7.70. The molecule has 19 heavy (non-hydrogen) atoms. The standard InChI is InChI=1S/C12H11N3OS3/c16-11(7-18-12-14-13-8-19-12)15-5-6-17-10-4-2-1-3-9(10)15/h1-4,8H,5-7H2. The van der Waals surface area contributed by atoms with Crippen LogP contribution in [0.1, 0.15) is 0 Å². The number of hydrogen-bond acceptors (Lipinski definition) is 6. The van der Waals surface area contributed by atoms with Crippen LogP contribution in [0.5, 0.6) is 0 Å². The second-order valence-corrected chi connectivity index (χ2v) is 7.05. The maximum Gasteiger partial charge on any atom is 0.237 e. The van der Waals surface area contributed by atoms with E-state index >= 15 is 0 Å². The molecule has 0 fully saturated rings. The molecule has 1 aromatic heterocycles. The van der Waals surface area contributed by atoms with Crippen molar-refractivity contribution in [2.24, 2.45) is 0 Å². The zero-order chi connectivity index (χ0) is 13.1. The van der Waals surface area contributed by atoms with Crippen LogP contribution in [0.15, 0.2) is 39.0 Å². The number of fused-ring (bicyclic) bond motifs is 1. The lowest BCUT2D eigenvalue weighted by molar-refractivity contribution is -0.116. The van der Waals surface area contributed by atoms with Crippen LogP contribution in [-0.4, -0.2) is 34.2 Å². The van der Waals surface area contributed by atoms with Crippen molar-refractivity contribution in [3.8, 4) is 0 Å². The van der Waals surface area contributed by atoms with Gasteiger partial charge in [-0.3, -0.25) is 4.79 Å². The Labute approximate surface area is 123 Å². The summed E-state index contributed by atoms with van der Waals surface area (Å²) in [7, 11) is 0. The molecule has 3 rings (SSSR count). The molecule has 0 bridgehead atoms. The highest BCUT2D eigenvalue weighted by atomic mass is 32.2. The van der Waals surface area contributed by atoms with Crippen molar-refractivity contribution >= 4 is 46.5 Å². The van der Waals surface area contributed by atoms with Gasteiger partial charge in [-0.1, -0.05) is 35.2 Å². The molecule has 2 heterocycles. The number of anilines is 1. The zero-order valence-corrected chi connectivity index (χ0v) is 12.4. The van der Waals surface area contributed by atoms with Gasteiger partial charge in [-0.2, -0.15) is 0 Å². The number of amides is 1. The fourth-order valence-electron chi connectivity index (χ4n) is 1.86. The minimum absolute atomic E-state index is 0.132. The first-order valence-electron chi connectivity index (χ1n) is 5.76.